The van der Waals surface area contributed by atoms with E-state index in [0.717, 1.165) is 41.5 Å². The van der Waals surface area contributed by atoms with E-state index in [1.165, 1.54) is 0 Å². The number of ketones is 1. The first-order chi connectivity index (χ1) is 15.8. The zero-order chi connectivity index (χ0) is 23.8. The zero-order valence-corrected chi connectivity index (χ0v) is 18.6. The number of carbonyl (C=O) groups is 3. The van der Waals surface area contributed by atoms with E-state index in [4.69, 9.17) is 20.9 Å². The highest BCUT2D eigenvalue weighted by molar-refractivity contribution is 6.14. The minimum absolute atomic E-state index is 0.0443. The summed E-state index contributed by atoms with van der Waals surface area (Å²) in [6.07, 6.45) is 6.26. The Kier molecular flexibility index (Phi) is 8.02. The highest BCUT2D eigenvalue weighted by atomic mass is 16.5. The Morgan fingerprint density at radius 2 is 1.21 bits per heavy atom. The number of Topliss-reactive ketones (excluding diaryl/α,β-unsaturated/α-hetero) is 1. The largest absolute Gasteiger partial charge is 0.484 e. The van der Waals surface area contributed by atoms with Crippen LogP contribution in [0.1, 0.15) is 37.3 Å². The van der Waals surface area contributed by atoms with Crippen molar-refractivity contribution in [2.75, 3.05) is 13.2 Å². The maximum atomic E-state index is 13.2. The number of hydrogen-bond acceptors (Lipinski definition) is 5. The number of rotatable bonds is 9. The third-order valence-electron chi connectivity index (χ3n) is 5.38. The van der Waals surface area contributed by atoms with Gasteiger partial charge in [0.05, 0.1) is 0 Å². The minimum Gasteiger partial charge on any atom is -0.484 e. The highest BCUT2D eigenvalue weighted by Gasteiger charge is 2.26. The predicted octanol–water partition coefficient (Wildman–Crippen LogP) is 3.27. The van der Waals surface area contributed by atoms with Gasteiger partial charge >= 0.3 is 0 Å². The van der Waals surface area contributed by atoms with Gasteiger partial charge in [0.15, 0.2) is 19.0 Å². The molecule has 0 radical (unpaired) electrons. The third-order valence-corrected chi connectivity index (χ3v) is 5.38. The standard InChI is InChI=1S/C26H28N2O5/c1-2-17-11-20(13-18-3-7-22(8-4-18)32-15-24(27)29)26(31)21(12-17)14-19-5-9-23(10-6-19)33-16-25(28)30/h3-10,13-14,17H,2,11-12,15-16H2,1H3,(H2,27,29)(H2,28,30)/b20-13+,21-14+. The lowest BCUT2D eigenvalue weighted by molar-refractivity contribution is -0.120. The van der Waals surface area contributed by atoms with E-state index in [1.807, 2.05) is 36.4 Å². The number of benzene rings is 2. The van der Waals surface area contributed by atoms with Crippen molar-refractivity contribution in [3.8, 4) is 11.5 Å². The van der Waals surface area contributed by atoms with E-state index in [1.54, 1.807) is 24.3 Å². The molecule has 2 aromatic rings. The summed E-state index contributed by atoms with van der Waals surface area (Å²) < 4.78 is 10.6. The molecule has 0 aliphatic heterocycles. The summed E-state index contributed by atoms with van der Waals surface area (Å²) in [6, 6.07) is 14.4. The average molecular weight is 449 g/mol. The van der Waals surface area contributed by atoms with Crippen molar-refractivity contribution >= 4 is 29.7 Å². The van der Waals surface area contributed by atoms with E-state index in [0.29, 0.717) is 17.4 Å². The van der Waals surface area contributed by atoms with Gasteiger partial charge in [-0.3, -0.25) is 14.4 Å². The van der Waals surface area contributed by atoms with E-state index in [-0.39, 0.29) is 19.0 Å². The number of primary amides is 2. The Hall–Kier alpha value is -3.87. The van der Waals surface area contributed by atoms with Crippen LogP contribution in [0.2, 0.25) is 0 Å². The molecular formula is C26H28N2O5. The number of carbonyl (C=O) groups excluding carboxylic acids is 3. The molecule has 1 aliphatic rings. The van der Waals surface area contributed by atoms with Crippen LogP contribution in [0.15, 0.2) is 59.7 Å². The van der Waals surface area contributed by atoms with E-state index in [9.17, 15) is 14.4 Å². The van der Waals surface area contributed by atoms with Crippen molar-refractivity contribution in [2.45, 2.75) is 26.2 Å². The maximum absolute atomic E-state index is 13.2. The molecule has 2 aromatic carbocycles. The molecule has 2 amide bonds. The van der Waals surface area contributed by atoms with Crippen LogP contribution in [0, 0.1) is 5.92 Å². The maximum Gasteiger partial charge on any atom is 0.255 e. The molecule has 1 fully saturated rings. The monoisotopic (exact) mass is 448 g/mol. The second kappa shape index (κ2) is 11.1. The molecule has 1 aliphatic carbocycles. The van der Waals surface area contributed by atoms with Crippen molar-refractivity contribution < 1.29 is 23.9 Å². The van der Waals surface area contributed by atoms with Crippen LogP contribution < -0.4 is 20.9 Å². The topological polar surface area (TPSA) is 122 Å². The van der Waals surface area contributed by atoms with Gasteiger partial charge in [0.1, 0.15) is 11.5 Å². The van der Waals surface area contributed by atoms with Gasteiger partial charge in [-0.2, -0.15) is 0 Å². The average Bonchev–Trinajstić information content (AvgIpc) is 2.80. The molecule has 172 valence electrons. The Balaban J connectivity index is 1.77. The molecule has 7 nitrogen and oxygen atoms in total. The molecule has 33 heavy (non-hydrogen) atoms. The summed E-state index contributed by atoms with van der Waals surface area (Å²) >= 11 is 0. The molecule has 0 spiro atoms. The molecule has 7 heteroatoms. The van der Waals surface area contributed by atoms with Crippen LogP contribution >= 0.6 is 0 Å². The van der Waals surface area contributed by atoms with Crippen molar-refractivity contribution in [3.05, 3.63) is 70.8 Å². The molecule has 0 atom stereocenters. The van der Waals surface area contributed by atoms with Gasteiger partial charge in [-0.25, -0.2) is 0 Å². The van der Waals surface area contributed by atoms with E-state index in [2.05, 4.69) is 6.92 Å². The van der Waals surface area contributed by atoms with Crippen molar-refractivity contribution in [2.24, 2.45) is 17.4 Å². The van der Waals surface area contributed by atoms with Crippen LogP contribution in [-0.4, -0.2) is 30.8 Å². The second-order valence-electron chi connectivity index (χ2n) is 8.00. The van der Waals surface area contributed by atoms with Crippen LogP contribution in [0.3, 0.4) is 0 Å². The van der Waals surface area contributed by atoms with Crippen LogP contribution in [0.25, 0.3) is 12.2 Å². The fourth-order valence-corrected chi connectivity index (χ4v) is 3.66. The summed E-state index contributed by atoms with van der Waals surface area (Å²) in [5.74, 6) is 0.445. The number of amides is 2. The van der Waals surface area contributed by atoms with Gasteiger partial charge < -0.3 is 20.9 Å². The van der Waals surface area contributed by atoms with Gasteiger partial charge in [-0.15, -0.1) is 0 Å². The lowest BCUT2D eigenvalue weighted by Crippen LogP contribution is -2.20. The first-order valence-electron chi connectivity index (χ1n) is 10.8. The van der Waals surface area contributed by atoms with Gasteiger partial charge in [0, 0.05) is 11.1 Å². The quantitative estimate of drug-likeness (QED) is 0.570. The Morgan fingerprint density at radius 3 is 1.55 bits per heavy atom. The number of nitrogens with two attached hydrogens (primary N) is 2. The van der Waals surface area contributed by atoms with E-state index >= 15 is 0 Å². The molecule has 4 N–H and O–H groups in total. The zero-order valence-electron chi connectivity index (χ0n) is 18.6. The van der Waals surface area contributed by atoms with Gasteiger partial charge in [-0.1, -0.05) is 37.6 Å². The molecule has 0 aromatic heterocycles. The van der Waals surface area contributed by atoms with Gasteiger partial charge in [0.2, 0.25) is 0 Å². The van der Waals surface area contributed by atoms with Crippen LogP contribution in [-0.2, 0) is 14.4 Å². The molecular weight excluding hydrogens is 420 g/mol. The van der Waals surface area contributed by atoms with Crippen LogP contribution in [0.5, 0.6) is 11.5 Å². The first-order valence-corrected chi connectivity index (χ1v) is 10.8. The van der Waals surface area contributed by atoms with Crippen molar-refractivity contribution in [3.63, 3.8) is 0 Å². The van der Waals surface area contributed by atoms with Crippen molar-refractivity contribution in [1.29, 1.82) is 0 Å². The van der Waals surface area contributed by atoms with Gasteiger partial charge in [0.25, 0.3) is 11.8 Å². The predicted molar refractivity (Wildman–Crippen MR) is 126 cm³/mol. The SMILES string of the molecule is CCC1C/C(=C\c2ccc(OCC(N)=O)cc2)C(=O)/C(=C/c2ccc(OCC(N)=O)cc2)C1. The molecule has 1 saturated carbocycles. The van der Waals surface area contributed by atoms with E-state index < -0.39 is 11.8 Å². The number of hydrogen-bond donors (Lipinski definition) is 2. The molecule has 0 bridgehead atoms. The lowest BCUT2D eigenvalue weighted by atomic mass is 9.78. The van der Waals surface area contributed by atoms with Gasteiger partial charge in [-0.05, 0) is 66.3 Å². The Morgan fingerprint density at radius 1 is 0.818 bits per heavy atom. The number of allylic oxidation sites excluding steroid dienone is 2. The minimum atomic E-state index is -0.535. The Bertz CT molecular complexity index is 985. The Labute approximate surface area is 193 Å². The van der Waals surface area contributed by atoms with Crippen molar-refractivity contribution in [1.82, 2.24) is 0 Å². The van der Waals surface area contributed by atoms with Crippen LogP contribution in [0.4, 0.5) is 0 Å². The summed E-state index contributed by atoms with van der Waals surface area (Å²) in [6.45, 7) is 1.78. The normalized spacial score (nSPS) is 18.3. The number of ether oxygens (including phenoxy) is 2. The summed E-state index contributed by atoms with van der Waals surface area (Å²) in [5.41, 5.74) is 13.5. The lowest BCUT2D eigenvalue weighted by Gasteiger charge is -2.25. The first kappa shape index (κ1) is 23.8. The third kappa shape index (κ3) is 7.07. The summed E-state index contributed by atoms with van der Waals surface area (Å²) in [7, 11) is 0. The smallest absolute Gasteiger partial charge is 0.255 e. The fourth-order valence-electron chi connectivity index (χ4n) is 3.66. The molecule has 0 heterocycles. The molecule has 0 saturated heterocycles. The summed E-state index contributed by atoms with van der Waals surface area (Å²) in [5, 5.41) is 0. The molecule has 3 rings (SSSR count). The molecule has 0 unspecified atom stereocenters. The summed E-state index contributed by atoms with van der Waals surface area (Å²) in [4.78, 5) is 34.9. The second-order valence-corrected chi connectivity index (χ2v) is 8.00. The highest BCUT2D eigenvalue weighted by Crippen LogP contribution is 2.34. The fraction of sp³-hybridized carbons (Fsp3) is 0.269.